The van der Waals surface area contributed by atoms with E-state index in [0.717, 1.165) is 5.56 Å². The van der Waals surface area contributed by atoms with E-state index in [0.29, 0.717) is 12.1 Å². The van der Waals surface area contributed by atoms with Crippen LogP contribution in [0.3, 0.4) is 0 Å². The van der Waals surface area contributed by atoms with Crippen LogP contribution in [0.4, 0.5) is 5.69 Å². The molecule has 0 saturated carbocycles. The topological polar surface area (TPSA) is 75.3 Å². The number of nitrogens with one attached hydrogen (secondary N) is 1. The van der Waals surface area contributed by atoms with Crippen molar-refractivity contribution in [2.75, 3.05) is 5.73 Å². The number of carbonyl (C=O) groups excluding carboxylic acids is 1. The first kappa shape index (κ1) is 15.6. The van der Waals surface area contributed by atoms with Crippen LogP contribution in [0.25, 0.3) is 0 Å². The molecule has 0 aliphatic heterocycles. The van der Waals surface area contributed by atoms with Gasteiger partial charge in [-0.15, -0.1) is 0 Å². The van der Waals surface area contributed by atoms with Gasteiger partial charge in [0.1, 0.15) is 0 Å². The quantitative estimate of drug-likeness (QED) is 0.757. The first-order valence-electron chi connectivity index (χ1n) is 6.23. The molecule has 6 heteroatoms. The van der Waals surface area contributed by atoms with Crippen molar-refractivity contribution in [2.45, 2.75) is 12.6 Å². The van der Waals surface area contributed by atoms with Gasteiger partial charge in [-0.3, -0.25) is 4.79 Å². The van der Waals surface area contributed by atoms with Gasteiger partial charge in [-0.25, -0.2) is 0 Å². The Morgan fingerprint density at radius 3 is 2.33 bits per heavy atom. The Morgan fingerprint density at radius 2 is 1.76 bits per heavy atom. The summed E-state index contributed by atoms with van der Waals surface area (Å²) in [5.74, 6) is -0.532. The minimum absolute atomic E-state index is 0.201. The highest BCUT2D eigenvalue weighted by Crippen LogP contribution is 2.31. The average Bonchev–Trinajstić information content (AvgIpc) is 2.50. The summed E-state index contributed by atoms with van der Waals surface area (Å²) >= 11 is 11.8. The number of benzene rings is 2. The zero-order chi connectivity index (χ0) is 15.4. The summed E-state index contributed by atoms with van der Waals surface area (Å²) in [5.41, 5.74) is 7.07. The van der Waals surface area contributed by atoms with E-state index in [1.54, 1.807) is 0 Å². The molecule has 0 aliphatic rings. The number of halogens is 2. The molecule has 4 N–H and O–H groups in total. The van der Waals surface area contributed by atoms with Crippen molar-refractivity contribution in [3.63, 3.8) is 0 Å². The van der Waals surface area contributed by atoms with Gasteiger partial charge in [0.15, 0.2) is 6.10 Å². The molecular weight excluding hydrogens is 311 g/mol. The monoisotopic (exact) mass is 324 g/mol. The molecule has 0 aliphatic carbocycles. The number of aliphatic hydroxyl groups excluding tert-OH is 1. The zero-order valence-electron chi connectivity index (χ0n) is 11.0. The van der Waals surface area contributed by atoms with Crippen molar-refractivity contribution in [3.8, 4) is 0 Å². The third kappa shape index (κ3) is 3.88. The third-order valence-corrected chi connectivity index (χ3v) is 3.60. The Kier molecular flexibility index (Phi) is 5.07. The molecule has 4 nitrogen and oxygen atoms in total. The van der Waals surface area contributed by atoms with Crippen molar-refractivity contribution < 1.29 is 9.90 Å². The number of hydrogen-bond donors (Lipinski definition) is 3. The maximum atomic E-state index is 11.9. The Labute approximate surface area is 132 Å². The van der Waals surface area contributed by atoms with Crippen LogP contribution in [-0.2, 0) is 11.3 Å². The highest BCUT2D eigenvalue weighted by molar-refractivity contribution is 6.38. The number of aliphatic hydroxyl groups is 1. The number of nitrogens with two attached hydrogens (primary N) is 1. The lowest BCUT2D eigenvalue weighted by atomic mass is 10.1. The Hall–Kier alpha value is -1.75. The molecular formula is C15H14Cl2N2O2. The molecule has 0 saturated heterocycles. The minimum atomic E-state index is -1.36. The van der Waals surface area contributed by atoms with E-state index < -0.39 is 12.0 Å². The second-order valence-corrected chi connectivity index (χ2v) is 5.32. The van der Waals surface area contributed by atoms with Gasteiger partial charge in [-0.05, 0) is 23.3 Å². The third-order valence-electron chi connectivity index (χ3n) is 2.98. The summed E-state index contributed by atoms with van der Waals surface area (Å²) in [5, 5.41) is 13.1. The molecule has 1 amide bonds. The van der Waals surface area contributed by atoms with E-state index in [2.05, 4.69) is 5.32 Å². The average molecular weight is 325 g/mol. The van der Waals surface area contributed by atoms with Crippen molar-refractivity contribution in [1.82, 2.24) is 5.32 Å². The molecule has 1 atom stereocenters. The second kappa shape index (κ2) is 6.80. The SMILES string of the molecule is Nc1c(Cl)cc(C(O)C(=O)NCc2ccccc2)cc1Cl. The van der Waals surface area contributed by atoms with Crippen molar-refractivity contribution >= 4 is 34.8 Å². The lowest BCUT2D eigenvalue weighted by Crippen LogP contribution is -2.28. The number of carbonyl (C=O) groups is 1. The highest BCUT2D eigenvalue weighted by Gasteiger charge is 2.19. The standard InChI is InChI=1S/C15H14Cl2N2O2/c16-11-6-10(7-12(17)13(11)18)14(20)15(21)19-8-9-4-2-1-3-5-9/h1-7,14,20H,8,18H2,(H,19,21). The summed E-state index contributed by atoms with van der Waals surface area (Å²) in [6, 6.07) is 12.2. The van der Waals surface area contributed by atoms with Crippen LogP contribution in [0.15, 0.2) is 42.5 Å². The van der Waals surface area contributed by atoms with Crippen LogP contribution in [0.2, 0.25) is 10.0 Å². The number of amides is 1. The van der Waals surface area contributed by atoms with Gasteiger partial charge in [-0.2, -0.15) is 0 Å². The molecule has 2 aromatic rings. The van der Waals surface area contributed by atoms with Crippen molar-refractivity contribution in [1.29, 1.82) is 0 Å². The van der Waals surface area contributed by atoms with Crippen molar-refractivity contribution in [3.05, 3.63) is 63.6 Å². The highest BCUT2D eigenvalue weighted by atomic mass is 35.5. The maximum absolute atomic E-state index is 11.9. The lowest BCUT2D eigenvalue weighted by molar-refractivity contribution is -0.129. The Morgan fingerprint density at radius 1 is 1.19 bits per heavy atom. The smallest absolute Gasteiger partial charge is 0.253 e. The normalized spacial score (nSPS) is 12.0. The molecule has 0 radical (unpaired) electrons. The van der Waals surface area contributed by atoms with Crippen LogP contribution in [0.5, 0.6) is 0 Å². The Bertz CT molecular complexity index is 624. The minimum Gasteiger partial charge on any atom is -0.396 e. The molecule has 2 rings (SSSR count). The van der Waals surface area contributed by atoms with E-state index in [1.807, 2.05) is 30.3 Å². The van der Waals surface area contributed by atoms with Crippen LogP contribution < -0.4 is 11.1 Å². The molecule has 0 fully saturated rings. The fraction of sp³-hybridized carbons (Fsp3) is 0.133. The van der Waals surface area contributed by atoms with Crippen LogP contribution >= 0.6 is 23.2 Å². The molecule has 0 aromatic heterocycles. The van der Waals surface area contributed by atoms with E-state index in [4.69, 9.17) is 28.9 Å². The summed E-state index contributed by atoms with van der Waals surface area (Å²) in [4.78, 5) is 11.9. The van der Waals surface area contributed by atoms with Crippen LogP contribution in [0, 0.1) is 0 Å². The first-order chi connectivity index (χ1) is 9.99. The van der Waals surface area contributed by atoms with E-state index in [-0.39, 0.29) is 15.7 Å². The van der Waals surface area contributed by atoms with Gasteiger partial charge >= 0.3 is 0 Å². The van der Waals surface area contributed by atoms with Gasteiger partial charge in [0.25, 0.3) is 5.91 Å². The number of rotatable bonds is 4. The molecule has 0 spiro atoms. The molecule has 110 valence electrons. The predicted molar refractivity (Wildman–Crippen MR) is 84.1 cm³/mol. The second-order valence-electron chi connectivity index (χ2n) is 4.50. The largest absolute Gasteiger partial charge is 0.396 e. The fourth-order valence-corrected chi connectivity index (χ4v) is 2.30. The van der Waals surface area contributed by atoms with Crippen molar-refractivity contribution in [2.24, 2.45) is 0 Å². The van der Waals surface area contributed by atoms with Gasteiger partial charge in [0.2, 0.25) is 0 Å². The predicted octanol–water partition coefficient (Wildman–Crippen LogP) is 2.93. The maximum Gasteiger partial charge on any atom is 0.253 e. The van der Waals surface area contributed by atoms with E-state index in [1.165, 1.54) is 12.1 Å². The van der Waals surface area contributed by atoms with Gasteiger partial charge in [0.05, 0.1) is 15.7 Å². The van der Waals surface area contributed by atoms with Crippen LogP contribution in [-0.4, -0.2) is 11.0 Å². The Balaban J connectivity index is 2.06. The van der Waals surface area contributed by atoms with Gasteiger partial charge < -0.3 is 16.2 Å². The zero-order valence-corrected chi connectivity index (χ0v) is 12.5. The summed E-state index contributed by atoms with van der Waals surface area (Å²) in [7, 11) is 0. The summed E-state index contributed by atoms with van der Waals surface area (Å²) in [6.07, 6.45) is -1.36. The molecule has 0 bridgehead atoms. The fourth-order valence-electron chi connectivity index (χ4n) is 1.79. The first-order valence-corrected chi connectivity index (χ1v) is 6.98. The number of hydrogen-bond acceptors (Lipinski definition) is 3. The van der Waals surface area contributed by atoms with E-state index in [9.17, 15) is 9.90 Å². The number of anilines is 1. The van der Waals surface area contributed by atoms with Gasteiger partial charge in [-0.1, -0.05) is 53.5 Å². The summed E-state index contributed by atoms with van der Waals surface area (Å²) < 4.78 is 0. The molecule has 2 aromatic carbocycles. The molecule has 1 unspecified atom stereocenters. The van der Waals surface area contributed by atoms with Crippen LogP contribution in [0.1, 0.15) is 17.2 Å². The lowest BCUT2D eigenvalue weighted by Gasteiger charge is -2.13. The number of nitrogen functional groups attached to an aromatic ring is 1. The molecule has 21 heavy (non-hydrogen) atoms. The molecule has 0 heterocycles. The summed E-state index contributed by atoms with van der Waals surface area (Å²) in [6.45, 7) is 0.327. The van der Waals surface area contributed by atoms with Gasteiger partial charge in [0, 0.05) is 6.54 Å². The van der Waals surface area contributed by atoms with E-state index >= 15 is 0 Å².